The topological polar surface area (TPSA) is 31.2 Å². The lowest BCUT2D eigenvalue weighted by molar-refractivity contribution is -0.908. The van der Waals surface area contributed by atoms with E-state index in [1.54, 1.807) is 0 Å². The molecule has 0 N–H and O–H groups in total. The maximum atomic E-state index is 12.9. The van der Waals surface area contributed by atoms with Gasteiger partial charge in [0.25, 0.3) is 0 Å². The van der Waals surface area contributed by atoms with Gasteiger partial charge in [-0.15, -0.1) is 0 Å². The molecule has 1 aliphatic heterocycles. The molecule has 2 aromatic rings. The van der Waals surface area contributed by atoms with Crippen LogP contribution in [0.2, 0.25) is 0 Å². The van der Waals surface area contributed by atoms with E-state index in [0.29, 0.717) is 6.54 Å². The quantitative estimate of drug-likeness (QED) is 0.526. The number of morpholine rings is 1. The number of rotatable bonds is 4. The Morgan fingerprint density at radius 2 is 1.80 bits per heavy atom. The van der Waals surface area contributed by atoms with Gasteiger partial charge >= 0.3 is 0 Å². The van der Waals surface area contributed by atoms with E-state index in [9.17, 15) is 4.79 Å². The summed E-state index contributed by atoms with van der Waals surface area (Å²) in [5.74, 6) is 0.218. The zero-order valence-electron chi connectivity index (χ0n) is 14.9. The van der Waals surface area contributed by atoms with Gasteiger partial charge in [-0.2, -0.15) is 0 Å². The molecule has 1 aliphatic rings. The molecular weight excluding hydrogens is 404 g/mol. The van der Waals surface area contributed by atoms with Crippen molar-refractivity contribution in [2.24, 2.45) is 0 Å². The fourth-order valence-corrected chi connectivity index (χ4v) is 3.67. The number of hydrogen-bond donors (Lipinski definition) is 0. The number of ether oxygens (including phenoxy) is 1. The average molecular weight is 428 g/mol. The van der Waals surface area contributed by atoms with Gasteiger partial charge in [-0.3, -0.25) is 4.79 Å². The van der Waals surface area contributed by atoms with Crippen molar-refractivity contribution in [3.63, 3.8) is 0 Å². The number of Topliss-reactive ketones (excluding diaryl/α,β-unsaturated/α-hetero) is 1. The molecular formula is C19H24BrClN2O2. The number of benzene rings is 1. The summed E-state index contributed by atoms with van der Waals surface area (Å²) >= 11 is 3.47. The second-order valence-corrected chi connectivity index (χ2v) is 7.77. The van der Waals surface area contributed by atoms with Gasteiger partial charge in [0.2, 0.25) is 5.78 Å². The first-order valence-corrected chi connectivity index (χ1v) is 9.08. The van der Waals surface area contributed by atoms with Crippen molar-refractivity contribution in [2.45, 2.75) is 13.8 Å². The van der Waals surface area contributed by atoms with Crippen LogP contribution in [-0.4, -0.2) is 54.7 Å². The molecule has 0 bridgehead atoms. The summed E-state index contributed by atoms with van der Waals surface area (Å²) in [7, 11) is 2.15. The van der Waals surface area contributed by atoms with E-state index in [-0.39, 0.29) is 18.2 Å². The third kappa shape index (κ3) is 4.34. The number of carbonyl (C=O) groups is 1. The highest BCUT2D eigenvalue weighted by Gasteiger charge is 2.30. The number of ketones is 1. The van der Waals surface area contributed by atoms with E-state index in [1.807, 2.05) is 25.1 Å². The molecule has 0 saturated carbocycles. The fourth-order valence-electron chi connectivity index (χ4n) is 3.41. The maximum Gasteiger partial charge on any atom is 0.218 e. The van der Waals surface area contributed by atoms with Crippen LogP contribution in [0.4, 0.5) is 0 Å². The van der Waals surface area contributed by atoms with Crippen molar-refractivity contribution in [2.75, 3.05) is 39.9 Å². The molecule has 6 heteroatoms. The summed E-state index contributed by atoms with van der Waals surface area (Å²) < 4.78 is 9.40. The Bertz CT molecular complexity index is 750. The summed E-state index contributed by atoms with van der Waals surface area (Å²) in [5, 5.41) is 0. The lowest BCUT2D eigenvalue weighted by Gasteiger charge is -2.36. The van der Waals surface area contributed by atoms with Crippen molar-refractivity contribution >= 4 is 21.7 Å². The van der Waals surface area contributed by atoms with Crippen molar-refractivity contribution in [3.05, 3.63) is 51.8 Å². The molecule has 3 rings (SSSR count). The van der Waals surface area contributed by atoms with Gasteiger partial charge < -0.3 is 26.2 Å². The number of hydrogen-bond acceptors (Lipinski definition) is 2. The van der Waals surface area contributed by atoms with Crippen molar-refractivity contribution in [1.29, 1.82) is 0 Å². The van der Waals surface area contributed by atoms with E-state index in [0.717, 1.165) is 57.9 Å². The highest BCUT2D eigenvalue weighted by atomic mass is 79.9. The Balaban J connectivity index is 0.00000225. The fraction of sp³-hybridized carbons (Fsp3) is 0.421. The van der Waals surface area contributed by atoms with Crippen molar-refractivity contribution in [3.8, 4) is 5.69 Å². The highest BCUT2D eigenvalue weighted by Crippen LogP contribution is 2.23. The van der Waals surface area contributed by atoms with Gasteiger partial charge in [0.15, 0.2) is 0 Å². The molecule has 1 saturated heterocycles. The van der Waals surface area contributed by atoms with Gasteiger partial charge in [0.1, 0.15) is 19.6 Å². The minimum Gasteiger partial charge on any atom is -1.00 e. The monoisotopic (exact) mass is 426 g/mol. The summed E-state index contributed by atoms with van der Waals surface area (Å²) in [6.07, 6.45) is 0. The first-order chi connectivity index (χ1) is 11.4. The second kappa shape index (κ2) is 8.04. The van der Waals surface area contributed by atoms with Gasteiger partial charge in [-0.25, -0.2) is 0 Å². The first kappa shape index (κ1) is 20.2. The van der Waals surface area contributed by atoms with Crippen LogP contribution in [0, 0.1) is 13.8 Å². The lowest BCUT2D eigenvalue weighted by atomic mass is 10.1. The van der Waals surface area contributed by atoms with Gasteiger partial charge in [0.05, 0.1) is 20.3 Å². The third-order valence-electron chi connectivity index (χ3n) is 4.89. The second-order valence-electron chi connectivity index (χ2n) is 6.86. The largest absolute Gasteiger partial charge is 1.00 e. The summed E-state index contributed by atoms with van der Waals surface area (Å²) in [4.78, 5) is 12.9. The molecule has 0 unspecified atom stereocenters. The molecule has 2 heterocycles. The number of quaternary nitrogens is 1. The SMILES string of the molecule is Cc1cc(C(=O)C[N+]2(C)CCOCC2)c(C)n1-c1ccc(Br)cc1.[Cl-]. The van der Waals surface area contributed by atoms with Crippen LogP contribution in [0.5, 0.6) is 0 Å². The Kier molecular flexibility index (Phi) is 6.49. The van der Waals surface area contributed by atoms with E-state index in [2.05, 4.69) is 46.6 Å². The van der Waals surface area contributed by atoms with Gasteiger partial charge in [-0.05, 0) is 44.2 Å². The number of likely N-dealkylation sites (N-methyl/N-ethyl adjacent to an activating group) is 1. The van der Waals surface area contributed by atoms with E-state index >= 15 is 0 Å². The number of carbonyl (C=O) groups excluding carboxylic acids is 1. The molecule has 0 amide bonds. The minimum absolute atomic E-state index is 0. The van der Waals surface area contributed by atoms with Crippen molar-refractivity contribution < 1.29 is 26.4 Å². The van der Waals surface area contributed by atoms with Crippen LogP contribution in [0.25, 0.3) is 5.69 Å². The summed E-state index contributed by atoms with van der Waals surface area (Å²) in [6, 6.07) is 10.2. The first-order valence-electron chi connectivity index (χ1n) is 8.29. The predicted octanol–water partition coefficient (Wildman–Crippen LogP) is 0.520. The van der Waals surface area contributed by atoms with E-state index in [1.165, 1.54) is 0 Å². The normalized spacial score (nSPS) is 16.3. The van der Waals surface area contributed by atoms with Crippen LogP contribution in [0.1, 0.15) is 21.7 Å². The Hall–Kier alpha value is -1.14. The Morgan fingerprint density at radius 1 is 1.20 bits per heavy atom. The molecule has 136 valence electrons. The van der Waals surface area contributed by atoms with Crippen LogP contribution in [-0.2, 0) is 4.74 Å². The molecule has 4 nitrogen and oxygen atoms in total. The molecule has 0 spiro atoms. The molecule has 1 aromatic carbocycles. The van der Waals surface area contributed by atoms with Crippen LogP contribution >= 0.6 is 15.9 Å². The number of nitrogens with zero attached hydrogens (tertiary/aromatic N) is 2. The maximum absolute atomic E-state index is 12.9. The standard InChI is InChI=1S/C19H24BrN2O2.ClH/c1-14-12-18(19(23)13-22(3)8-10-24-11-9-22)15(2)21(14)17-6-4-16(20)5-7-17;/h4-7,12H,8-11,13H2,1-3H3;1H/q+1;/p-1. The molecule has 1 fully saturated rings. The summed E-state index contributed by atoms with van der Waals surface area (Å²) in [5.41, 5.74) is 4.02. The minimum atomic E-state index is 0. The Labute approximate surface area is 163 Å². The van der Waals surface area contributed by atoms with Gasteiger partial charge in [-0.1, -0.05) is 15.9 Å². The van der Waals surface area contributed by atoms with Gasteiger partial charge in [0, 0.05) is 27.1 Å². The number of aromatic nitrogens is 1. The zero-order valence-corrected chi connectivity index (χ0v) is 17.2. The molecule has 0 atom stereocenters. The predicted molar refractivity (Wildman–Crippen MR) is 98.9 cm³/mol. The smallest absolute Gasteiger partial charge is 0.218 e. The molecule has 1 aromatic heterocycles. The van der Waals surface area contributed by atoms with E-state index < -0.39 is 0 Å². The van der Waals surface area contributed by atoms with Crippen LogP contribution in [0.3, 0.4) is 0 Å². The average Bonchev–Trinajstić information content (AvgIpc) is 2.84. The molecule has 0 radical (unpaired) electrons. The lowest BCUT2D eigenvalue weighted by Crippen LogP contribution is -3.00. The van der Waals surface area contributed by atoms with Crippen LogP contribution < -0.4 is 12.4 Å². The highest BCUT2D eigenvalue weighted by molar-refractivity contribution is 9.10. The Morgan fingerprint density at radius 3 is 2.40 bits per heavy atom. The number of halogens is 2. The molecule has 0 aliphatic carbocycles. The van der Waals surface area contributed by atoms with Crippen molar-refractivity contribution in [1.82, 2.24) is 4.57 Å². The zero-order chi connectivity index (χ0) is 17.3. The van der Waals surface area contributed by atoms with Crippen LogP contribution in [0.15, 0.2) is 34.8 Å². The van der Waals surface area contributed by atoms with E-state index in [4.69, 9.17) is 4.74 Å². The summed E-state index contributed by atoms with van der Waals surface area (Å²) in [6.45, 7) is 7.89. The molecule has 25 heavy (non-hydrogen) atoms. The number of aryl methyl sites for hydroxylation is 1. The third-order valence-corrected chi connectivity index (χ3v) is 5.42.